The Kier molecular flexibility index (Phi) is 5.13. The largest absolute Gasteiger partial charge is 0.368 e. The molecule has 1 fully saturated rings. The fourth-order valence-electron chi connectivity index (χ4n) is 2.96. The SMILES string of the molecule is CC1CC(C)CN(C(=O)CSc2nnc(N)n2C(C)C)C1. The lowest BCUT2D eigenvalue weighted by atomic mass is 9.92. The van der Waals surface area contributed by atoms with Crippen LogP contribution >= 0.6 is 11.8 Å². The van der Waals surface area contributed by atoms with E-state index >= 15 is 0 Å². The van der Waals surface area contributed by atoms with Gasteiger partial charge >= 0.3 is 0 Å². The van der Waals surface area contributed by atoms with Crippen molar-refractivity contribution in [2.45, 2.75) is 45.3 Å². The van der Waals surface area contributed by atoms with Crippen LogP contribution in [0.25, 0.3) is 0 Å². The predicted octanol–water partition coefficient (Wildman–Crippen LogP) is 2.04. The molecule has 1 aromatic rings. The standard InChI is InChI=1S/C14H25N5OS/c1-9(2)19-13(15)16-17-14(19)21-8-12(20)18-6-10(3)5-11(4)7-18/h9-11H,5-8H2,1-4H3,(H2,15,16). The number of nitrogens with two attached hydrogens (primary N) is 1. The van der Waals surface area contributed by atoms with Crippen molar-refractivity contribution in [2.75, 3.05) is 24.6 Å². The van der Waals surface area contributed by atoms with Crippen LogP contribution in [0.3, 0.4) is 0 Å². The van der Waals surface area contributed by atoms with Crippen molar-refractivity contribution < 1.29 is 4.79 Å². The van der Waals surface area contributed by atoms with Gasteiger partial charge in [-0.15, -0.1) is 10.2 Å². The Morgan fingerprint density at radius 1 is 1.33 bits per heavy atom. The summed E-state index contributed by atoms with van der Waals surface area (Å²) in [6, 6.07) is 0.188. The highest BCUT2D eigenvalue weighted by atomic mass is 32.2. The monoisotopic (exact) mass is 311 g/mol. The zero-order chi connectivity index (χ0) is 15.6. The van der Waals surface area contributed by atoms with Crippen LogP contribution in [-0.2, 0) is 4.79 Å². The molecule has 2 atom stereocenters. The van der Waals surface area contributed by atoms with E-state index in [0.29, 0.717) is 28.7 Å². The van der Waals surface area contributed by atoms with E-state index in [1.54, 1.807) is 0 Å². The molecule has 1 aliphatic heterocycles. The first-order chi connectivity index (χ1) is 9.88. The van der Waals surface area contributed by atoms with Crippen LogP contribution in [0.1, 0.15) is 40.2 Å². The Morgan fingerprint density at radius 3 is 2.52 bits per heavy atom. The van der Waals surface area contributed by atoms with E-state index in [4.69, 9.17) is 5.73 Å². The summed E-state index contributed by atoms with van der Waals surface area (Å²) in [6.45, 7) is 10.2. The van der Waals surface area contributed by atoms with Crippen molar-refractivity contribution in [1.82, 2.24) is 19.7 Å². The van der Waals surface area contributed by atoms with E-state index in [1.807, 2.05) is 23.3 Å². The summed E-state index contributed by atoms with van der Waals surface area (Å²) in [5.74, 6) is 2.13. The van der Waals surface area contributed by atoms with Gasteiger partial charge in [-0.25, -0.2) is 0 Å². The molecule has 6 nitrogen and oxygen atoms in total. The van der Waals surface area contributed by atoms with Gasteiger partial charge in [0.05, 0.1) is 5.75 Å². The number of piperidine rings is 1. The van der Waals surface area contributed by atoms with Gasteiger partial charge in [0, 0.05) is 19.1 Å². The van der Waals surface area contributed by atoms with E-state index in [1.165, 1.54) is 18.2 Å². The zero-order valence-electron chi connectivity index (χ0n) is 13.2. The Bertz CT molecular complexity index is 492. The van der Waals surface area contributed by atoms with Gasteiger partial charge in [0.15, 0.2) is 5.16 Å². The molecule has 1 aromatic heterocycles. The third-order valence-electron chi connectivity index (χ3n) is 3.75. The van der Waals surface area contributed by atoms with Gasteiger partial charge in [-0.05, 0) is 32.1 Å². The fraction of sp³-hybridized carbons (Fsp3) is 0.786. The summed E-state index contributed by atoms with van der Waals surface area (Å²) < 4.78 is 1.86. The van der Waals surface area contributed by atoms with Crippen LogP contribution < -0.4 is 5.73 Å². The lowest BCUT2D eigenvalue weighted by Crippen LogP contribution is -2.43. The van der Waals surface area contributed by atoms with Crippen molar-refractivity contribution in [3.8, 4) is 0 Å². The number of thioether (sulfide) groups is 1. The number of anilines is 1. The molecular formula is C14H25N5OS. The van der Waals surface area contributed by atoms with Crippen LogP contribution in [0.2, 0.25) is 0 Å². The first kappa shape index (κ1) is 16.1. The molecule has 0 aromatic carbocycles. The minimum atomic E-state index is 0.176. The molecular weight excluding hydrogens is 286 g/mol. The first-order valence-corrected chi connectivity index (χ1v) is 8.48. The maximum Gasteiger partial charge on any atom is 0.233 e. The minimum absolute atomic E-state index is 0.176. The zero-order valence-corrected chi connectivity index (χ0v) is 14.1. The van der Waals surface area contributed by atoms with Crippen LogP contribution in [0, 0.1) is 11.8 Å². The van der Waals surface area contributed by atoms with Gasteiger partial charge in [0.1, 0.15) is 0 Å². The number of aromatic nitrogens is 3. The van der Waals surface area contributed by atoms with Crippen LogP contribution in [0.4, 0.5) is 5.95 Å². The summed E-state index contributed by atoms with van der Waals surface area (Å²) in [6.07, 6.45) is 1.20. The van der Waals surface area contributed by atoms with Gasteiger partial charge < -0.3 is 10.6 Å². The number of carbonyl (C=O) groups excluding carboxylic acids is 1. The lowest BCUT2D eigenvalue weighted by molar-refractivity contribution is -0.130. The van der Waals surface area contributed by atoms with Crippen molar-refractivity contribution in [3.63, 3.8) is 0 Å². The molecule has 7 heteroatoms. The van der Waals surface area contributed by atoms with Gasteiger partial charge in [-0.3, -0.25) is 9.36 Å². The number of nitrogen functional groups attached to an aromatic ring is 1. The Balaban J connectivity index is 1.95. The summed E-state index contributed by atoms with van der Waals surface area (Å²) in [7, 11) is 0. The quantitative estimate of drug-likeness (QED) is 0.861. The average molecular weight is 311 g/mol. The molecule has 0 spiro atoms. The summed E-state index contributed by atoms with van der Waals surface area (Å²) in [5, 5.41) is 8.68. The van der Waals surface area contributed by atoms with Crippen molar-refractivity contribution in [3.05, 3.63) is 0 Å². The molecule has 118 valence electrons. The summed E-state index contributed by atoms with van der Waals surface area (Å²) in [4.78, 5) is 14.3. The second-order valence-electron chi connectivity index (χ2n) is 6.34. The molecule has 1 amide bonds. The van der Waals surface area contributed by atoms with E-state index < -0.39 is 0 Å². The smallest absolute Gasteiger partial charge is 0.233 e. The highest BCUT2D eigenvalue weighted by Crippen LogP contribution is 2.25. The van der Waals surface area contributed by atoms with Crippen LogP contribution in [0.15, 0.2) is 5.16 Å². The molecule has 2 N–H and O–H groups in total. The number of nitrogens with zero attached hydrogens (tertiary/aromatic N) is 4. The third kappa shape index (κ3) is 3.90. The number of carbonyl (C=O) groups is 1. The van der Waals surface area contributed by atoms with Gasteiger partial charge in [-0.1, -0.05) is 25.6 Å². The molecule has 2 heterocycles. The first-order valence-electron chi connectivity index (χ1n) is 7.49. The molecule has 2 rings (SSSR count). The summed E-state index contributed by atoms with van der Waals surface area (Å²) in [5.41, 5.74) is 5.81. The molecule has 0 bridgehead atoms. The number of hydrogen-bond donors (Lipinski definition) is 1. The van der Waals surface area contributed by atoms with Crippen LogP contribution in [-0.4, -0.2) is 44.4 Å². The number of rotatable bonds is 4. The molecule has 1 aliphatic rings. The van der Waals surface area contributed by atoms with Gasteiger partial charge in [-0.2, -0.15) is 0 Å². The highest BCUT2D eigenvalue weighted by Gasteiger charge is 2.25. The number of amides is 1. The molecule has 21 heavy (non-hydrogen) atoms. The third-order valence-corrected chi connectivity index (χ3v) is 4.68. The minimum Gasteiger partial charge on any atom is -0.368 e. The maximum atomic E-state index is 12.4. The van der Waals surface area contributed by atoms with E-state index in [2.05, 4.69) is 24.0 Å². The second kappa shape index (κ2) is 6.68. The van der Waals surface area contributed by atoms with E-state index in [9.17, 15) is 4.79 Å². The molecule has 0 saturated carbocycles. The molecule has 1 saturated heterocycles. The molecule has 2 unspecified atom stereocenters. The van der Waals surface area contributed by atoms with E-state index in [-0.39, 0.29) is 11.9 Å². The van der Waals surface area contributed by atoms with Crippen molar-refractivity contribution >= 4 is 23.6 Å². The molecule has 0 radical (unpaired) electrons. The van der Waals surface area contributed by atoms with Crippen molar-refractivity contribution in [1.29, 1.82) is 0 Å². The normalized spacial score (nSPS) is 22.8. The Morgan fingerprint density at radius 2 is 1.95 bits per heavy atom. The average Bonchev–Trinajstić information content (AvgIpc) is 2.76. The Labute approximate surface area is 130 Å². The maximum absolute atomic E-state index is 12.4. The fourth-order valence-corrected chi connectivity index (χ4v) is 3.93. The lowest BCUT2D eigenvalue weighted by Gasteiger charge is -2.35. The Hall–Kier alpha value is -1.24. The second-order valence-corrected chi connectivity index (χ2v) is 7.28. The highest BCUT2D eigenvalue weighted by molar-refractivity contribution is 7.99. The summed E-state index contributed by atoms with van der Waals surface area (Å²) >= 11 is 1.42. The topological polar surface area (TPSA) is 77.0 Å². The van der Waals surface area contributed by atoms with Gasteiger partial charge in [0.2, 0.25) is 11.9 Å². The number of likely N-dealkylation sites (tertiary alicyclic amines) is 1. The van der Waals surface area contributed by atoms with Crippen LogP contribution in [0.5, 0.6) is 0 Å². The molecule has 0 aliphatic carbocycles. The van der Waals surface area contributed by atoms with E-state index in [0.717, 1.165) is 13.1 Å². The van der Waals surface area contributed by atoms with Crippen molar-refractivity contribution in [2.24, 2.45) is 11.8 Å². The van der Waals surface area contributed by atoms with Gasteiger partial charge in [0.25, 0.3) is 0 Å². The predicted molar refractivity (Wildman–Crippen MR) is 85.1 cm³/mol. The number of hydrogen-bond acceptors (Lipinski definition) is 5.